The summed E-state index contributed by atoms with van der Waals surface area (Å²) < 4.78 is 19.4. The van der Waals surface area contributed by atoms with Crippen molar-refractivity contribution in [2.24, 2.45) is 11.8 Å². The van der Waals surface area contributed by atoms with Crippen LogP contribution in [0.3, 0.4) is 0 Å². The molecule has 0 amide bonds. The number of hydrogen-bond donors (Lipinski definition) is 0. The molecule has 1 aliphatic heterocycles. The van der Waals surface area contributed by atoms with Crippen LogP contribution in [0.1, 0.15) is 50.7 Å². The van der Waals surface area contributed by atoms with E-state index in [4.69, 9.17) is 4.74 Å². The number of ether oxygens (including phenoxy) is 1. The average molecular weight is 504 g/mol. The maximum Gasteiger partial charge on any atom is 0.316 e. The standard InChI is InChI=1S/C27H35BrFNO2/c1-20(2)27(26(31)32-3,23-7-9-24(28)10-8-23)15-4-16-30-17-13-22(14-18-30)19-21-5-11-25(29)12-6-21/h5-12,20,22H,4,13-19H2,1-3H3. The van der Waals surface area contributed by atoms with Gasteiger partial charge in [0, 0.05) is 4.47 Å². The predicted octanol–water partition coefficient (Wildman–Crippen LogP) is 6.39. The number of benzene rings is 2. The lowest BCUT2D eigenvalue weighted by Crippen LogP contribution is -2.43. The van der Waals surface area contributed by atoms with Crippen molar-refractivity contribution in [1.82, 2.24) is 4.90 Å². The van der Waals surface area contributed by atoms with Crippen LogP contribution in [0.2, 0.25) is 0 Å². The molecule has 3 nitrogen and oxygen atoms in total. The zero-order chi connectivity index (χ0) is 23.1. The Morgan fingerprint density at radius 2 is 1.75 bits per heavy atom. The summed E-state index contributed by atoms with van der Waals surface area (Å²) in [5.41, 5.74) is 1.62. The lowest BCUT2D eigenvalue weighted by Gasteiger charge is -2.37. The number of carbonyl (C=O) groups excluding carboxylic acids is 1. The van der Waals surface area contributed by atoms with E-state index >= 15 is 0 Å². The monoisotopic (exact) mass is 503 g/mol. The van der Waals surface area contributed by atoms with E-state index in [2.05, 4.69) is 34.7 Å². The normalized spacial score (nSPS) is 17.3. The smallest absolute Gasteiger partial charge is 0.316 e. The number of halogens is 2. The van der Waals surface area contributed by atoms with Gasteiger partial charge in [-0.1, -0.05) is 54.0 Å². The molecule has 0 bridgehead atoms. The zero-order valence-corrected chi connectivity index (χ0v) is 21.0. The number of esters is 1. The molecule has 0 aliphatic carbocycles. The van der Waals surface area contributed by atoms with Crippen molar-refractivity contribution in [2.75, 3.05) is 26.7 Å². The molecule has 2 aromatic rings. The first-order chi connectivity index (χ1) is 15.3. The molecule has 1 heterocycles. The summed E-state index contributed by atoms with van der Waals surface area (Å²) in [6.45, 7) is 7.37. The first kappa shape index (κ1) is 24.9. The Morgan fingerprint density at radius 3 is 2.31 bits per heavy atom. The summed E-state index contributed by atoms with van der Waals surface area (Å²) in [5.74, 6) is 0.478. The van der Waals surface area contributed by atoms with Crippen LogP contribution in [0, 0.1) is 17.7 Å². The maximum atomic E-state index is 13.1. The van der Waals surface area contributed by atoms with Crippen LogP contribution >= 0.6 is 15.9 Å². The highest BCUT2D eigenvalue weighted by Gasteiger charge is 2.44. The van der Waals surface area contributed by atoms with Gasteiger partial charge in [0.2, 0.25) is 0 Å². The fourth-order valence-electron chi connectivity index (χ4n) is 5.10. The topological polar surface area (TPSA) is 29.5 Å². The molecular weight excluding hydrogens is 469 g/mol. The average Bonchev–Trinajstić information content (AvgIpc) is 2.79. The summed E-state index contributed by atoms with van der Waals surface area (Å²) in [5, 5.41) is 0. The molecule has 1 fully saturated rings. The molecule has 1 aliphatic rings. The number of methoxy groups -OCH3 is 1. The van der Waals surface area contributed by atoms with Crippen LogP contribution in [0.15, 0.2) is 53.0 Å². The second-order valence-electron chi connectivity index (χ2n) is 9.34. The van der Waals surface area contributed by atoms with E-state index in [0.29, 0.717) is 5.92 Å². The van der Waals surface area contributed by atoms with Crippen molar-refractivity contribution in [1.29, 1.82) is 0 Å². The van der Waals surface area contributed by atoms with Crippen LogP contribution in [0.4, 0.5) is 4.39 Å². The van der Waals surface area contributed by atoms with E-state index in [0.717, 1.165) is 61.8 Å². The van der Waals surface area contributed by atoms with Crippen molar-refractivity contribution >= 4 is 21.9 Å². The van der Waals surface area contributed by atoms with Gasteiger partial charge in [0.15, 0.2) is 0 Å². The van der Waals surface area contributed by atoms with Crippen molar-refractivity contribution in [3.63, 3.8) is 0 Å². The highest BCUT2D eigenvalue weighted by molar-refractivity contribution is 9.10. The fourth-order valence-corrected chi connectivity index (χ4v) is 5.37. The van der Waals surface area contributed by atoms with Crippen LogP contribution in [-0.4, -0.2) is 37.6 Å². The fraction of sp³-hybridized carbons (Fsp3) is 0.519. The first-order valence-corrected chi connectivity index (χ1v) is 12.5. The Labute approximate surface area is 200 Å². The van der Waals surface area contributed by atoms with Crippen molar-refractivity contribution < 1.29 is 13.9 Å². The van der Waals surface area contributed by atoms with Gasteiger partial charge in [0.05, 0.1) is 12.5 Å². The number of rotatable bonds is 9. The van der Waals surface area contributed by atoms with Gasteiger partial charge in [-0.05, 0) is 99.0 Å². The lowest BCUT2D eigenvalue weighted by molar-refractivity contribution is -0.150. The first-order valence-electron chi connectivity index (χ1n) is 11.7. The van der Waals surface area contributed by atoms with E-state index < -0.39 is 5.41 Å². The summed E-state index contributed by atoms with van der Waals surface area (Å²) in [7, 11) is 1.49. The summed E-state index contributed by atoms with van der Waals surface area (Å²) in [4.78, 5) is 15.5. The number of nitrogens with zero attached hydrogens (tertiary/aromatic N) is 1. The second kappa shape index (κ2) is 11.4. The molecule has 2 aromatic carbocycles. The van der Waals surface area contributed by atoms with Crippen LogP contribution in [0.5, 0.6) is 0 Å². The van der Waals surface area contributed by atoms with Gasteiger partial charge in [-0.25, -0.2) is 4.39 Å². The number of likely N-dealkylation sites (tertiary alicyclic amines) is 1. The zero-order valence-electron chi connectivity index (χ0n) is 19.4. The van der Waals surface area contributed by atoms with Gasteiger partial charge < -0.3 is 9.64 Å². The van der Waals surface area contributed by atoms with E-state index in [1.165, 1.54) is 12.7 Å². The number of hydrogen-bond acceptors (Lipinski definition) is 3. The lowest BCUT2D eigenvalue weighted by atomic mass is 9.68. The number of piperidine rings is 1. The Balaban J connectivity index is 1.56. The minimum Gasteiger partial charge on any atom is -0.468 e. The molecule has 1 saturated heterocycles. The third-order valence-corrected chi connectivity index (χ3v) is 7.61. The molecule has 0 radical (unpaired) electrons. The van der Waals surface area contributed by atoms with Gasteiger partial charge >= 0.3 is 5.97 Å². The van der Waals surface area contributed by atoms with Gasteiger partial charge in [-0.2, -0.15) is 0 Å². The highest BCUT2D eigenvalue weighted by Crippen LogP contribution is 2.39. The molecule has 5 heteroatoms. The third-order valence-electron chi connectivity index (χ3n) is 7.08. The Hall–Kier alpha value is -1.72. The predicted molar refractivity (Wildman–Crippen MR) is 131 cm³/mol. The van der Waals surface area contributed by atoms with Crippen molar-refractivity contribution in [2.45, 2.75) is 51.4 Å². The number of carbonyl (C=O) groups is 1. The molecule has 0 saturated carbocycles. The Kier molecular flexibility index (Phi) is 8.89. The molecule has 32 heavy (non-hydrogen) atoms. The minimum absolute atomic E-state index is 0.137. The minimum atomic E-state index is -0.629. The quantitative estimate of drug-likeness (QED) is 0.371. The van der Waals surface area contributed by atoms with Crippen LogP contribution in [0.25, 0.3) is 0 Å². The van der Waals surface area contributed by atoms with E-state index in [-0.39, 0.29) is 17.7 Å². The van der Waals surface area contributed by atoms with Gasteiger partial charge in [0.25, 0.3) is 0 Å². The van der Waals surface area contributed by atoms with E-state index in [1.54, 1.807) is 12.1 Å². The molecule has 174 valence electrons. The van der Waals surface area contributed by atoms with Gasteiger partial charge in [-0.15, -0.1) is 0 Å². The van der Waals surface area contributed by atoms with Crippen molar-refractivity contribution in [3.05, 3.63) is 69.9 Å². The largest absolute Gasteiger partial charge is 0.468 e. The molecule has 0 N–H and O–H groups in total. The van der Waals surface area contributed by atoms with Crippen LogP contribution in [-0.2, 0) is 21.4 Å². The highest BCUT2D eigenvalue weighted by atomic mass is 79.9. The molecule has 3 rings (SSSR count). The molecule has 1 atom stereocenters. The Bertz CT molecular complexity index is 860. The van der Waals surface area contributed by atoms with Gasteiger partial charge in [-0.3, -0.25) is 4.79 Å². The van der Waals surface area contributed by atoms with E-state index in [9.17, 15) is 9.18 Å². The molecule has 0 aromatic heterocycles. The van der Waals surface area contributed by atoms with Gasteiger partial charge in [0.1, 0.15) is 5.82 Å². The molecule has 0 spiro atoms. The SMILES string of the molecule is COC(=O)C(CCCN1CCC(Cc2ccc(F)cc2)CC1)(c1ccc(Br)cc1)C(C)C. The summed E-state index contributed by atoms with van der Waals surface area (Å²) in [6, 6.07) is 15.0. The maximum absolute atomic E-state index is 13.1. The second-order valence-corrected chi connectivity index (χ2v) is 10.3. The van der Waals surface area contributed by atoms with Crippen LogP contribution < -0.4 is 0 Å². The molecule has 1 unspecified atom stereocenters. The van der Waals surface area contributed by atoms with Crippen molar-refractivity contribution in [3.8, 4) is 0 Å². The summed E-state index contributed by atoms with van der Waals surface area (Å²) >= 11 is 3.50. The Morgan fingerprint density at radius 1 is 1.12 bits per heavy atom. The molecular formula is C27H35BrFNO2. The van der Waals surface area contributed by atoms with E-state index in [1.807, 2.05) is 36.4 Å². The third kappa shape index (κ3) is 5.99. The summed E-state index contributed by atoms with van der Waals surface area (Å²) in [6.07, 6.45) is 5.07.